The van der Waals surface area contributed by atoms with Crippen molar-refractivity contribution in [3.63, 3.8) is 0 Å². The lowest BCUT2D eigenvalue weighted by Gasteiger charge is -2.40. The molecule has 1 saturated heterocycles. The second-order valence-corrected chi connectivity index (χ2v) is 5.19. The number of piperidine rings is 1. The van der Waals surface area contributed by atoms with Gasteiger partial charge >= 0.3 is 0 Å². The molecule has 0 aliphatic carbocycles. The predicted molar refractivity (Wildman–Crippen MR) is 68.8 cm³/mol. The minimum absolute atomic E-state index is 0.0499. The minimum atomic E-state index is 0.0499. The quantitative estimate of drug-likeness (QED) is 0.683. The van der Waals surface area contributed by atoms with Crippen LogP contribution in [0.3, 0.4) is 0 Å². The number of nitrogens with one attached hydrogen (secondary N) is 1. The van der Waals surface area contributed by atoms with E-state index < -0.39 is 0 Å². The normalized spacial score (nSPS) is 20.2. The lowest BCUT2D eigenvalue weighted by atomic mass is 9.77. The van der Waals surface area contributed by atoms with E-state index >= 15 is 0 Å². The Balaban J connectivity index is 2.16. The molecule has 1 amide bonds. The van der Waals surface area contributed by atoms with Gasteiger partial charge in [-0.2, -0.15) is 0 Å². The van der Waals surface area contributed by atoms with Gasteiger partial charge in [0.2, 0.25) is 5.91 Å². The van der Waals surface area contributed by atoms with Crippen molar-refractivity contribution in [1.29, 1.82) is 0 Å². The van der Waals surface area contributed by atoms with Crippen molar-refractivity contribution in [3.05, 3.63) is 0 Å². The Morgan fingerprint density at radius 3 is 2.53 bits per heavy atom. The molecule has 0 aromatic rings. The number of rotatable bonds is 6. The standard InChI is InChI=1S/C13H26N2O2/c1-3-13(11-16)5-9-15(10-6-13)8-4-7-14-12(2)17/h16H,3-11H2,1-2H3,(H,14,17). The summed E-state index contributed by atoms with van der Waals surface area (Å²) in [5.41, 5.74) is 0.175. The van der Waals surface area contributed by atoms with E-state index in [9.17, 15) is 9.90 Å². The number of carbonyl (C=O) groups excluding carboxylic acids is 1. The molecule has 1 aliphatic heterocycles. The molecule has 0 bridgehead atoms. The number of hydrogen-bond donors (Lipinski definition) is 2. The SMILES string of the molecule is CCC1(CO)CCN(CCCNC(C)=O)CC1. The second-order valence-electron chi connectivity index (χ2n) is 5.19. The van der Waals surface area contributed by atoms with Gasteiger partial charge in [-0.3, -0.25) is 4.79 Å². The molecule has 2 N–H and O–H groups in total. The van der Waals surface area contributed by atoms with Gasteiger partial charge in [-0.25, -0.2) is 0 Å². The van der Waals surface area contributed by atoms with Crippen LogP contribution in [0, 0.1) is 5.41 Å². The Kier molecular flexibility index (Phi) is 5.92. The van der Waals surface area contributed by atoms with Crippen molar-refractivity contribution in [1.82, 2.24) is 10.2 Å². The van der Waals surface area contributed by atoms with Gasteiger partial charge in [0.1, 0.15) is 0 Å². The third kappa shape index (κ3) is 4.64. The fraction of sp³-hybridized carbons (Fsp3) is 0.923. The van der Waals surface area contributed by atoms with Gasteiger partial charge in [-0.05, 0) is 50.7 Å². The van der Waals surface area contributed by atoms with Crippen LogP contribution in [0.2, 0.25) is 0 Å². The Labute approximate surface area is 104 Å². The topological polar surface area (TPSA) is 52.6 Å². The van der Waals surface area contributed by atoms with Crippen LogP contribution in [0.15, 0.2) is 0 Å². The Morgan fingerprint density at radius 2 is 2.06 bits per heavy atom. The first kappa shape index (κ1) is 14.5. The van der Waals surface area contributed by atoms with Crippen molar-refractivity contribution in [3.8, 4) is 0 Å². The number of carbonyl (C=O) groups is 1. The first-order valence-corrected chi connectivity index (χ1v) is 6.69. The average molecular weight is 242 g/mol. The molecule has 4 nitrogen and oxygen atoms in total. The Hall–Kier alpha value is -0.610. The summed E-state index contributed by atoms with van der Waals surface area (Å²) in [5, 5.41) is 12.3. The van der Waals surface area contributed by atoms with Crippen LogP contribution in [0.25, 0.3) is 0 Å². The van der Waals surface area contributed by atoms with Gasteiger partial charge in [0.05, 0.1) is 0 Å². The molecule has 0 spiro atoms. The zero-order chi connectivity index (χ0) is 12.7. The van der Waals surface area contributed by atoms with Gasteiger partial charge in [0.25, 0.3) is 0 Å². The summed E-state index contributed by atoms with van der Waals surface area (Å²) in [6.45, 7) is 8.02. The number of nitrogens with zero attached hydrogens (tertiary/aromatic N) is 1. The Bertz CT molecular complexity index is 230. The maximum atomic E-state index is 10.7. The number of hydrogen-bond acceptors (Lipinski definition) is 3. The molecule has 1 heterocycles. The zero-order valence-electron chi connectivity index (χ0n) is 11.2. The molecule has 0 aromatic carbocycles. The highest BCUT2D eigenvalue weighted by molar-refractivity contribution is 5.72. The average Bonchev–Trinajstić information content (AvgIpc) is 2.35. The van der Waals surface area contributed by atoms with Crippen molar-refractivity contribution < 1.29 is 9.90 Å². The number of aliphatic hydroxyl groups excluding tert-OH is 1. The number of aliphatic hydroxyl groups is 1. The van der Waals surface area contributed by atoms with E-state index in [2.05, 4.69) is 17.1 Å². The minimum Gasteiger partial charge on any atom is -0.396 e. The molecule has 4 heteroatoms. The molecule has 100 valence electrons. The fourth-order valence-electron chi connectivity index (χ4n) is 2.44. The van der Waals surface area contributed by atoms with E-state index in [1.807, 2.05) is 0 Å². The van der Waals surface area contributed by atoms with E-state index in [1.165, 1.54) is 0 Å². The summed E-state index contributed by atoms with van der Waals surface area (Å²) in [7, 11) is 0. The number of likely N-dealkylation sites (tertiary alicyclic amines) is 1. The van der Waals surface area contributed by atoms with Crippen LogP contribution in [-0.2, 0) is 4.79 Å². The lowest BCUT2D eigenvalue weighted by Crippen LogP contribution is -2.42. The van der Waals surface area contributed by atoms with E-state index in [1.54, 1.807) is 6.92 Å². The molecule has 1 fully saturated rings. The third-order valence-corrected chi connectivity index (χ3v) is 4.03. The van der Waals surface area contributed by atoms with Crippen LogP contribution >= 0.6 is 0 Å². The van der Waals surface area contributed by atoms with E-state index in [0.717, 1.165) is 51.9 Å². The Morgan fingerprint density at radius 1 is 1.41 bits per heavy atom. The van der Waals surface area contributed by atoms with Crippen molar-refractivity contribution >= 4 is 5.91 Å². The van der Waals surface area contributed by atoms with Crippen molar-refractivity contribution in [2.24, 2.45) is 5.41 Å². The van der Waals surface area contributed by atoms with E-state index in [0.29, 0.717) is 6.61 Å². The molecule has 0 radical (unpaired) electrons. The summed E-state index contributed by atoms with van der Waals surface area (Å²) in [6, 6.07) is 0. The number of amides is 1. The smallest absolute Gasteiger partial charge is 0.216 e. The van der Waals surface area contributed by atoms with Gasteiger partial charge in [-0.1, -0.05) is 6.92 Å². The molecule has 0 atom stereocenters. The van der Waals surface area contributed by atoms with Crippen LogP contribution in [0.1, 0.15) is 39.5 Å². The largest absolute Gasteiger partial charge is 0.396 e. The highest BCUT2D eigenvalue weighted by Gasteiger charge is 2.31. The summed E-state index contributed by atoms with van der Waals surface area (Å²) >= 11 is 0. The van der Waals surface area contributed by atoms with Crippen molar-refractivity contribution in [2.45, 2.75) is 39.5 Å². The van der Waals surface area contributed by atoms with Gasteiger partial charge in [0, 0.05) is 20.1 Å². The third-order valence-electron chi connectivity index (χ3n) is 4.03. The van der Waals surface area contributed by atoms with Crippen LogP contribution in [0.5, 0.6) is 0 Å². The summed E-state index contributed by atoms with van der Waals surface area (Å²) in [5.74, 6) is 0.0499. The monoisotopic (exact) mass is 242 g/mol. The maximum Gasteiger partial charge on any atom is 0.216 e. The summed E-state index contributed by atoms with van der Waals surface area (Å²) < 4.78 is 0. The second kappa shape index (κ2) is 6.97. The molecule has 0 saturated carbocycles. The van der Waals surface area contributed by atoms with Gasteiger partial charge < -0.3 is 15.3 Å². The van der Waals surface area contributed by atoms with Gasteiger partial charge in [0.15, 0.2) is 0 Å². The highest BCUT2D eigenvalue weighted by Crippen LogP contribution is 2.33. The maximum absolute atomic E-state index is 10.7. The lowest BCUT2D eigenvalue weighted by molar-refractivity contribution is -0.118. The first-order valence-electron chi connectivity index (χ1n) is 6.69. The molecule has 0 aromatic heterocycles. The van der Waals surface area contributed by atoms with E-state index in [4.69, 9.17) is 0 Å². The van der Waals surface area contributed by atoms with Crippen LogP contribution in [-0.4, -0.2) is 48.7 Å². The molecular formula is C13H26N2O2. The highest BCUT2D eigenvalue weighted by atomic mass is 16.3. The summed E-state index contributed by atoms with van der Waals surface area (Å²) in [6.07, 6.45) is 4.28. The van der Waals surface area contributed by atoms with E-state index in [-0.39, 0.29) is 11.3 Å². The van der Waals surface area contributed by atoms with Crippen LogP contribution in [0.4, 0.5) is 0 Å². The molecular weight excluding hydrogens is 216 g/mol. The molecule has 1 aliphatic rings. The fourth-order valence-corrected chi connectivity index (χ4v) is 2.44. The van der Waals surface area contributed by atoms with Crippen LogP contribution < -0.4 is 5.32 Å². The van der Waals surface area contributed by atoms with Gasteiger partial charge in [-0.15, -0.1) is 0 Å². The molecule has 17 heavy (non-hydrogen) atoms. The first-order chi connectivity index (χ1) is 8.12. The van der Waals surface area contributed by atoms with Crippen molar-refractivity contribution in [2.75, 3.05) is 32.8 Å². The molecule has 0 unspecified atom stereocenters. The predicted octanol–water partition coefficient (Wildman–Crippen LogP) is 0.997. The molecule has 1 rings (SSSR count). The summed E-state index contributed by atoms with van der Waals surface area (Å²) in [4.78, 5) is 13.1. The zero-order valence-corrected chi connectivity index (χ0v) is 11.2.